The number of anilines is 1. The minimum absolute atomic E-state index is 0.00628. The molecule has 1 fully saturated rings. The van der Waals surface area contributed by atoms with E-state index < -0.39 is 11.8 Å². The van der Waals surface area contributed by atoms with Gasteiger partial charge in [-0.3, -0.25) is 25.2 Å². The van der Waals surface area contributed by atoms with Gasteiger partial charge in [-0.1, -0.05) is 29.8 Å². The molecule has 0 aromatic heterocycles. The third-order valence-corrected chi connectivity index (χ3v) is 4.38. The van der Waals surface area contributed by atoms with Crippen molar-refractivity contribution in [2.75, 3.05) is 11.9 Å². The van der Waals surface area contributed by atoms with Crippen LogP contribution in [0.1, 0.15) is 33.6 Å². The summed E-state index contributed by atoms with van der Waals surface area (Å²) >= 11 is 5.86. The number of hydrogen-bond donors (Lipinski definition) is 2. The number of rotatable bonds is 4. The zero-order valence-corrected chi connectivity index (χ0v) is 14.9. The lowest BCUT2D eigenvalue weighted by Gasteiger charge is -2.20. The zero-order chi connectivity index (χ0) is 18.7. The van der Waals surface area contributed by atoms with Gasteiger partial charge in [-0.2, -0.15) is 0 Å². The minimum Gasteiger partial charge on any atom is -0.314 e. The number of benzene rings is 2. The van der Waals surface area contributed by atoms with E-state index in [0.717, 1.165) is 12.8 Å². The molecule has 1 saturated carbocycles. The Morgan fingerprint density at radius 3 is 2.38 bits per heavy atom. The van der Waals surface area contributed by atoms with Crippen LogP contribution < -0.4 is 15.8 Å². The van der Waals surface area contributed by atoms with Gasteiger partial charge >= 0.3 is 0 Å². The Bertz CT molecular complexity index is 865. The third kappa shape index (κ3) is 4.03. The molecule has 3 amide bonds. The molecule has 134 valence electrons. The normalized spacial score (nSPS) is 13.0. The molecule has 0 radical (unpaired) electrons. The Morgan fingerprint density at radius 1 is 1.00 bits per heavy atom. The van der Waals surface area contributed by atoms with Crippen LogP contribution in [-0.4, -0.2) is 24.8 Å². The SMILES string of the molecule is CN(C(=O)C1CC1)c1ccccc1C(=O)NNC(=O)c1cccc(Cl)c1. The van der Waals surface area contributed by atoms with Crippen molar-refractivity contribution in [3.8, 4) is 0 Å². The Morgan fingerprint density at radius 2 is 1.69 bits per heavy atom. The number of carbonyl (C=O) groups is 3. The van der Waals surface area contributed by atoms with Crippen molar-refractivity contribution >= 4 is 35.0 Å². The fourth-order valence-electron chi connectivity index (χ4n) is 2.56. The standard InChI is InChI=1S/C19H18ClN3O3/c1-23(19(26)12-9-10-12)16-8-3-2-7-15(16)18(25)22-21-17(24)13-5-4-6-14(20)11-13/h2-8,11-12H,9-10H2,1H3,(H,21,24)(H,22,25). The maximum atomic E-state index is 12.5. The van der Waals surface area contributed by atoms with Crippen molar-refractivity contribution in [1.82, 2.24) is 10.9 Å². The highest BCUT2D eigenvalue weighted by Gasteiger charge is 2.33. The summed E-state index contributed by atoms with van der Waals surface area (Å²) in [5.41, 5.74) is 5.86. The molecular formula is C19H18ClN3O3. The topological polar surface area (TPSA) is 78.5 Å². The van der Waals surface area contributed by atoms with Crippen LogP contribution in [0.3, 0.4) is 0 Å². The zero-order valence-electron chi connectivity index (χ0n) is 14.2. The van der Waals surface area contributed by atoms with Crippen LogP contribution in [-0.2, 0) is 4.79 Å². The fourth-order valence-corrected chi connectivity index (χ4v) is 2.75. The number of nitrogens with zero attached hydrogens (tertiary/aromatic N) is 1. The lowest BCUT2D eigenvalue weighted by molar-refractivity contribution is -0.119. The number of hydrogen-bond acceptors (Lipinski definition) is 3. The molecule has 6 nitrogen and oxygen atoms in total. The largest absolute Gasteiger partial charge is 0.314 e. The van der Waals surface area contributed by atoms with E-state index in [2.05, 4.69) is 10.9 Å². The number of hydrazine groups is 1. The summed E-state index contributed by atoms with van der Waals surface area (Å²) in [5, 5.41) is 0.425. The maximum absolute atomic E-state index is 12.5. The Balaban J connectivity index is 1.70. The second-order valence-electron chi connectivity index (χ2n) is 6.11. The first-order chi connectivity index (χ1) is 12.5. The van der Waals surface area contributed by atoms with Gasteiger partial charge in [0.1, 0.15) is 0 Å². The highest BCUT2D eigenvalue weighted by molar-refractivity contribution is 6.31. The average molecular weight is 372 g/mol. The molecule has 0 spiro atoms. The van der Waals surface area contributed by atoms with Gasteiger partial charge in [-0.05, 0) is 43.2 Å². The summed E-state index contributed by atoms with van der Waals surface area (Å²) in [7, 11) is 1.65. The van der Waals surface area contributed by atoms with Crippen molar-refractivity contribution in [3.63, 3.8) is 0 Å². The Kier molecular flexibility index (Phi) is 5.23. The van der Waals surface area contributed by atoms with E-state index in [0.29, 0.717) is 21.8 Å². The predicted molar refractivity (Wildman–Crippen MR) is 99.0 cm³/mol. The van der Waals surface area contributed by atoms with Gasteiger partial charge in [0.15, 0.2) is 0 Å². The summed E-state index contributed by atoms with van der Waals surface area (Å²) in [6, 6.07) is 13.1. The molecule has 2 aromatic carbocycles. The molecule has 0 unspecified atom stereocenters. The first-order valence-electron chi connectivity index (χ1n) is 8.20. The smallest absolute Gasteiger partial charge is 0.271 e. The van der Waals surface area contributed by atoms with Gasteiger partial charge in [0.05, 0.1) is 11.3 Å². The molecule has 2 N–H and O–H groups in total. The van der Waals surface area contributed by atoms with Crippen molar-refractivity contribution in [3.05, 3.63) is 64.7 Å². The van der Waals surface area contributed by atoms with Crippen LogP contribution >= 0.6 is 11.6 Å². The van der Waals surface area contributed by atoms with E-state index in [1.54, 1.807) is 49.5 Å². The molecule has 3 rings (SSSR count). The fraction of sp³-hybridized carbons (Fsp3) is 0.211. The third-order valence-electron chi connectivity index (χ3n) is 4.14. The van der Waals surface area contributed by atoms with Crippen molar-refractivity contribution in [2.24, 2.45) is 5.92 Å². The molecule has 0 aliphatic heterocycles. The van der Waals surface area contributed by atoms with E-state index in [-0.39, 0.29) is 11.8 Å². The molecule has 2 aromatic rings. The lowest BCUT2D eigenvalue weighted by atomic mass is 10.1. The minimum atomic E-state index is -0.508. The summed E-state index contributed by atoms with van der Waals surface area (Å²) in [6.45, 7) is 0. The second kappa shape index (κ2) is 7.58. The summed E-state index contributed by atoms with van der Waals surface area (Å²) in [5.74, 6) is -0.959. The van der Waals surface area contributed by atoms with E-state index in [1.165, 1.54) is 11.0 Å². The first-order valence-corrected chi connectivity index (χ1v) is 8.58. The van der Waals surface area contributed by atoms with Gasteiger partial charge in [-0.25, -0.2) is 0 Å². The van der Waals surface area contributed by atoms with Crippen LogP contribution in [0, 0.1) is 5.92 Å². The van der Waals surface area contributed by atoms with Crippen LogP contribution in [0.2, 0.25) is 5.02 Å². The molecule has 0 saturated heterocycles. The van der Waals surface area contributed by atoms with E-state index >= 15 is 0 Å². The van der Waals surface area contributed by atoms with Gasteiger partial charge in [-0.15, -0.1) is 0 Å². The van der Waals surface area contributed by atoms with E-state index in [4.69, 9.17) is 11.6 Å². The number of carbonyl (C=O) groups excluding carboxylic acids is 3. The molecule has 7 heteroatoms. The molecule has 0 bridgehead atoms. The quantitative estimate of drug-likeness (QED) is 0.811. The highest BCUT2D eigenvalue weighted by atomic mass is 35.5. The molecular weight excluding hydrogens is 354 g/mol. The van der Waals surface area contributed by atoms with Crippen LogP contribution in [0.15, 0.2) is 48.5 Å². The monoisotopic (exact) mass is 371 g/mol. The Hall–Kier alpha value is -2.86. The van der Waals surface area contributed by atoms with Crippen LogP contribution in [0.25, 0.3) is 0 Å². The second-order valence-corrected chi connectivity index (χ2v) is 6.54. The number of amides is 3. The van der Waals surface area contributed by atoms with E-state index in [9.17, 15) is 14.4 Å². The molecule has 26 heavy (non-hydrogen) atoms. The number of nitrogens with one attached hydrogen (secondary N) is 2. The van der Waals surface area contributed by atoms with Gasteiger partial charge < -0.3 is 4.90 Å². The summed E-state index contributed by atoms with van der Waals surface area (Å²) in [4.78, 5) is 38.4. The number of halogens is 1. The van der Waals surface area contributed by atoms with Gasteiger partial charge in [0.25, 0.3) is 11.8 Å². The van der Waals surface area contributed by atoms with Crippen LogP contribution in [0.5, 0.6) is 0 Å². The first kappa shape index (κ1) is 17.9. The molecule has 1 aliphatic carbocycles. The maximum Gasteiger partial charge on any atom is 0.271 e. The Labute approximate surface area is 156 Å². The van der Waals surface area contributed by atoms with Gasteiger partial charge in [0.2, 0.25) is 5.91 Å². The molecule has 1 aliphatic rings. The predicted octanol–water partition coefficient (Wildman–Crippen LogP) is 2.79. The lowest BCUT2D eigenvalue weighted by Crippen LogP contribution is -2.42. The van der Waals surface area contributed by atoms with Crippen molar-refractivity contribution in [2.45, 2.75) is 12.8 Å². The van der Waals surface area contributed by atoms with Crippen LogP contribution in [0.4, 0.5) is 5.69 Å². The van der Waals surface area contributed by atoms with Crippen molar-refractivity contribution in [1.29, 1.82) is 0 Å². The summed E-state index contributed by atoms with van der Waals surface area (Å²) < 4.78 is 0. The molecule has 0 heterocycles. The highest BCUT2D eigenvalue weighted by Crippen LogP contribution is 2.33. The summed E-state index contributed by atoms with van der Waals surface area (Å²) in [6.07, 6.45) is 1.76. The van der Waals surface area contributed by atoms with Gasteiger partial charge in [0, 0.05) is 23.6 Å². The van der Waals surface area contributed by atoms with E-state index in [1.807, 2.05) is 0 Å². The van der Waals surface area contributed by atoms with Crippen molar-refractivity contribution < 1.29 is 14.4 Å². The molecule has 0 atom stereocenters. The average Bonchev–Trinajstić information content (AvgIpc) is 3.50. The number of para-hydroxylation sites is 1.